The average Bonchev–Trinajstić information content (AvgIpc) is 2.91. The van der Waals surface area contributed by atoms with Crippen molar-refractivity contribution in [2.75, 3.05) is 13.2 Å². The molecule has 0 bridgehead atoms. The zero-order chi connectivity index (χ0) is 18.7. The van der Waals surface area contributed by atoms with Gasteiger partial charge in [0.25, 0.3) is 5.91 Å². The minimum Gasteiger partial charge on any atom is -0.380 e. The SMILES string of the molecule is CCOCCn1c(=NC(=O)c2c(F)cccc2F)sc2cc(F)ccc21. The van der Waals surface area contributed by atoms with E-state index in [2.05, 4.69) is 4.99 Å². The smallest absolute Gasteiger partial charge is 0.285 e. The number of rotatable bonds is 5. The van der Waals surface area contributed by atoms with Gasteiger partial charge in [0.05, 0.1) is 16.8 Å². The van der Waals surface area contributed by atoms with Gasteiger partial charge in [-0.2, -0.15) is 4.99 Å². The van der Waals surface area contributed by atoms with E-state index in [-0.39, 0.29) is 4.80 Å². The summed E-state index contributed by atoms with van der Waals surface area (Å²) < 4.78 is 48.7. The Morgan fingerprint density at radius 3 is 2.62 bits per heavy atom. The molecule has 1 heterocycles. The number of fused-ring (bicyclic) bond motifs is 1. The van der Waals surface area contributed by atoms with Crippen LogP contribution < -0.4 is 4.80 Å². The van der Waals surface area contributed by atoms with Gasteiger partial charge in [0.2, 0.25) is 0 Å². The van der Waals surface area contributed by atoms with Gasteiger partial charge in [-0.3, -0.25) is 4.79 Å². The molecule has 0 unspecified atom stereocenters. The maximum Gasteiger partial charge on any atom is 0.285 e. The summed E-state index contributed by atoms with van der Waals surface area (Å²) >= 11 is 1.07. The monoisotopic (exact) mass is 380 g/mol. The molecule has 0 saturated carbocycles. The maximum atomic E-state index is 13.8. The summed E-state index contributed by atoms with van der Waals surface area (Å²) in [6, 6.07) is 7.36. The zero-order valence-electron chi connectivity index (χ0n) is 13.8. The largest absolute Gasteiger partial charge is 0.380 e. The van der Waals surface area contributed by atoms with Gasteiger partial charge in [-0.25, -0.2) is 13.2 Å². The van der Waals surface area contributed by atoms with E-state index in [4.69, 9.17) is 4.74 Å². The lowest BCUT2D eigenvalue weighted by Gasteiger charge is -2.05. The summed E-state index contributed by atoms with van der Waals surface area (Å²) in [5.74, 6) is -3.41. The van der Waals surface area contributed by atoms with Crippen molar-refractivity contribution in [3.8, 4) is 0 Å². The molecule has 1 aromatic heterocycles. The van der Waals surface area contributed by atoms with Crippen LogP contribution in [0.2, 0.25) is 0 Å². The minimum atomic E-state index is -1.03. The maximum absolute atomic E-state index is 13.8. The minimum absolute atomic E-state index is 0.220. The van der Waals surface area contributed by atoms with Crippen LogP contribution in [0.4, 0.5) is 13.2 Å². The van der Waals surface area contributed by atoms with Crippen molar-refractivity contribution in [2.45, 2.75) is 13.5 Å². The summed E-state index contributed by atoms with van der Waals surface area (Å²) in [6.45, 7) is 3.09. The van der Waals surface area contributed by atoms with Crippen LogP contribution in [-0.2, 0) is 11.3 Å². The molecule has 3 aromatic rings. The van der Waals surface area contributed by atoms with E-state index < -0.39 is 28.9 Å². The van der Waals surface area contributed by atoms with Crippen LogP contribution in [0.15, 0.2) is 41.4 Å². The highest BCUT2D eigenvalue weighted by molar-refractivity contribution is 7.16. The van der Waals surface area contributed by atoms with Crippen LogP contribution in [0.1, 0.15) is 17.3 Å². The molecule has 0 radical (unpaired) electrons. The molecule has 136 valence electrons. The van der Waals surface area contributed by atoms with Gasteiger partial charge in [0, 0.05) is 13.2 Å². The van der Waals surface area contributed by atoms with E-state index in [0.29, 0.717) is 30.0 Å². The second-order valence-electron chi connectivity index (χ2n) is 5.36. The Labute approximate surface area is 151 Å². The zero-order valence-corrected chi connectivity index (χ0v) is 14.7. The summed E-state index contributed by atoms with van der Waals surface area (Å²) in [5.41, 5.74) is -0.0517. The first-order valence-corrected chi connectivity index (χ1v) is 8.72. The van der Waals surface area contributed by atoms with E-state index in [1.165, 1.54) is 18.2 Å². The number of thiazole rings is 1. The van der Waals surface area contributed by atoms with Crippen LogP contribution in [0.5, 0.6) is 0 Å². The van der Waals surface area contributed by atoms with E-state index in [1.807, 2.05) is 6.92 Å². The first-order chi connectivity index (χ1) is 12.5. The lowest BCUT2D eigenvalue weighted by molar-refractivity contribution is 0.0988. The molecule has 4 nitrogen and oxygen atoms in total. The lowest BCUT2D eigenvalue weighted by Crippen LogP contribution is -2.20. The van der Waals surface area contributed by atoms with E-state index >= 15 is 0 Å². The Bertz CT molecular complexity index is 1010. The fourth-order valence-electron chi connectivity index (χ4n) is 2.49. The number of carbonyl (C=O) groups is 1. The van der Waals surface area contributed by atoms with Gasteiger partial charge in [-0.05, 0) is 37.3 Å². The molecule has 8 heteroatoms. The van der Waals surface area contributed by atoms with Gasteiger partial charge >= 0.3 is 0 Å². The number of halogens is 3. The standard InChI is InChI=1S/C18H15F3N2O2S/c1-2-25-9-8-23-14-7-6-11(19)10-15(14)26-18(23)22-17(24)16-12(20)4-3-5-13(16)21/h3-7,10H,2,8-9H2,1H3. The fraction of sp³-hybridized carbons (Fsp3) is 0.222. The van der Waals surface area contributed by atoms with Crippen molar-refractivity contribution >= 4 is 27.5 Å². The molecule has 0 aliphatic carbocycles. The molecule has 0 aliphatic rings. The van der Waals surface area contributed by atoms with Gasteiger partial charge in [-0.15, -0.1) is 0 Å². The van der Waals surface area contributed by atoms with Crippen molar-refractivity contribution in [3.05, 3.63) is 64.2 Å². The first kappa shape index (κ1) is 18.3. The summed E-state index contributed by atoms with van der Waals surface area (Å²) in [4.78, 5) is 16.4. The number of carbonyl (C=O) groups excluding carboxylic acids is 1. The first-order valence-electron chi connectivity index (χ1n) is 7.91. The van der Waals surface area contributed by atoms with Crippen LogP contribution in [0.25, 0.3) is 10.2 Å². The second kappa shape index (κ2) is 7.84. The Morgan fingerprint density at radius 2 is 1.92 bits per heavy atom. The van der Waals surface area contributed by atoms with Crippen LogP contribution in [-0.4, -0.2) is 23.7 Å². The molecular formula is C18H15F3N2O2S. The van der Waals surface area contributed by atoms with Crippen molar-refractivity contribution in [1.82, 2.24) is 4.57 Å². The quantitative estimate of drug-likeness (QED) is 0.630. The third-order valence-corrected chi connectivity index (χ3v) is 4.72. The predicted octanol–water partition coefficient (Wildman–Crippen LogP) is 3.90. The molecule has 2 aromatic carbocycles. The number of amides is 1. The second-order valence-corrected chi connectivity index (χ2v) is 6.37. The molecule has 0 fully saturated rings. The third-order valence-electron chi connectivity index (χ3n) is 3.68. The molecule has 0 aliphatic heterocycles. The van der Waals surface area contributed by atoms with Crippen molar-refractivity contribution in [3.63, 3.8) is 0 Å². The molecule has 0 spiro atoms. The number of ether oxygens (including phenoxy) is 1. The Balaban J connectivity index is 2.11. The third kappa shape index (κ3) is 3.71. The van der Waals surface area contributed by atoms with Gasteiger partial charge in [0.1, 0.15) is 23.0 Å². The highest BCUT2D eigenvalue weighted by atomic mass is 32.1. The molecular weight excluding hydrogens is 365 g/mol. The van der Waals surface area contributed by atoms with Gasteiger partial charge in [-0.1, -0.05) is 17.4 Å². The van der Waals surface area contributed by atoms with Crippen molar-refractivity contribution < 1.29 is 22.7 Å². The Morgan fingerprint density at radius 1 is 1.19 bits per heavy atom. The van der Waals surface area contributed by atoms with Crippen molar-refractivity contribution in [2.24, 2.45) is 4.99 Å². The van der Waals surface area contributed by atoms with Gasteiger partial charge < -0.3 is 9.30 Å². The van der Waals surface area contributed by atoms with E-state index in [1.54, 1.807) is 10.6 Å². The molecule has 0 saturated heterocycles. The topological polar surface area (TPSA) is 43.6 Å². The molecule has 26 heavy (non-hydrogen) atoms. The summed E-state index contributed by atoms with van der Waals surface area (Å²) in [5, 5.41) is 0. The normalized spacial score (nSPS) is 12.1. The Hall–Kier alpha value is -2.45. The van der Waals surface area contributed by atoms with E-state index in [0.717, 1.165) is 23.5 Å². The van der Waals surface area contributed by atoms with Gasteiger partial charge in [0.15, 0.2) is 4.80 Å². The fourth-order valence-corrected chi connectivity index (χ4v) is 3.57. The Kier molecular flexibility index (Phi) is 5.53. The van der Waals surface area contributed by atoms with Crippen molar-refractivity contribution in [1.29, 1.82) is 0 Å². The van der Waals surface area contributed by atoms with Crippen LogP contribution in [0, 0.1) is 17.5 Å². The van der Waals surface area contributed by atoms with E-state index in [9.17, 15) is 18.0 Å². The highest BCUT2D eigenvalue weighted by Crippen LogP contribution is 2.19. The predicted molar refractivity (Wildman–Crippen MR) is 92.5 cm³/mol. The lowest BCUT2D eigenvalue weighted by atomic mass is 10.2. The summed E-state index contributed by atoms with van der Waals surface area (Å²) in [6.07, 6.45) is 0. The highest BCUT2D eigenvalue weighted by Gasteiger charge is 2.17. The molecule has 3 rings (SSSR count). The summed E-state index contributed by atoms with van der Waals surface area (Å²) in [7, 11) is 0. The number of aromatic nitrogens is 1. The number of hydrogen-bond acceptors (Lipinski definition) is 3. The molecule has 0 atom stereocenters. The van der Waals surface area contributed by atoms with Crippen LogP contribution in [0.3, 0.4) is 0 Å². The molecule has 1 amide bonds. The van der Waals surface area contributed by atoms with Crippen LogP contribution >= 0.6 is 11.3 Å². The average molecular weight is 380 g/mol. The number of benzene rings is 2. The number of nitrogens with zero attached hydrogens (tertiary/aromatic N) is 2. The molecule has 0 N–H and O–H groups in total. The number of hydrogen-bond donors (Lipinski definition) is 0.